The standard InChI is InChI=1S/C53H43N3/c1-52(2)46-33-41(55(37-22-12-6-13-23-37)38-24-14-7-15-25-38)30-31-43(46)45-35-54-51-48-44(36-20-10-5-11-21-36)32-42(34-47(48)53(3,4)50(51)49(45)52)56(39-26-16-8-17-27-39)40-28-18-9-19-29-40/h5-35H,1-4H3. The lowest BCUT2D eigenvalue weighted by molar-refractivity contribution is 0.600. The number of benzene rings is 7. The minimum absolute atomic E-state index is 0.276. The molecule has 1 aromatic heterocycles. The largest absolute Gasteiger partial charge is 0.310 e. The van der Waals surface area contributed by atoms with E-state index in [2.05, 4.69) is 226 Å². The van der Waals surface area contributed by atoms with E-state index in [-0.39, 0.29) is 10.8 Å². The third-order valence-corrected chi connectivity index (χ3v) is 12.0. The lowest BCUT2D eigenvalue weighted by Crippen LogP contribution is -2.24. The molecule has 0 N–H and O–H groups in total. The molecule has 0 saturated heterocycles. The second-order valence-electron chi connectivity index (χ2n) is 16.0. The van der Waals surface area contributed by atoms with Crippen molar-refractivity contribution in [1.82, 2.24) is 4.98 Å². The summed E-state index contributed by atoms with van der Waals surface area (Å²) in [5.41, 5.74) is 18.7. The Kier molecular flexibility index (Phi) is 7.83. The number of nitrogens with zero attached hydrogens (tertiary/aromatic N) is 3. The van der Waals surface area contributed by atoms with Crippen molar-refractivity contribution in [2.45, 2.75) is 38.5 Å². The normalized spacial score (nSPS) is 14.0. The summed E-state index contributed by atoms with van der Waals surface area (Å²) in [6.45, 7) is 9.63. The van der Waals surface area contributed by atoms with Gasteiger partial charge in [-0.05, 0) is 112 Å². The van der Waals surface area contributed by atoms with Gasteiger partial charge in [0.05, 0.1) is 5.69 Å². The smallest absolute Gasteiger partial charge is 0.0755 e. The fourth-order valence-corrected chi connectivity index (χ4v) is 9.41. The predicted molar refractivity (Wildman–Crippen MR) is 234 cm³/mol. The Balaban J connectivity index is 1.17. The van der Waals surface area contributed by atoms with Gasteiger partial charge in [-0.15, -0.1) is 0 Å². The molecule has 0 unspecified atom stereocenters. The number of hydrogen-bond acceptors (Lipinski definition) is 3. The maximum Gasteiger partial charge on any atom is 0.0755 e. The van der Waals surface area contributed by atoms with Gasteiger partial charge >= 0.3 is 0 Å². The van der Waals surface area contributed by atoms with Gasteiger partial charge in [-0.3, -0.25) is 4.98 Å². The highest BCUT2D eigenvalue weighted by Gasteiger charge is 2.48. The summed E-state index contributed by atoms with van der Waals surface area (Å²) < 4.78 is 0. The van der Waals surface area contributed by atoms with Crippen LogP contribution in [0, 0.1) is 0 Å². The molecular weight excluding hydrogens is 679 g/mol. The summed E-state index contributed by atoms with van der Waals surface area (Å²) in [7, 11) is 0. The van der Waals surface area contributed by atoms with E-state index in [4.69, 9.17) is 4.98 Å². The number of fused-ring (bicyclic) bond motifs is 7. The van der Waals surface area contributed by atoms with Gasteiger partial charge in [0, 0.05) is 62.3 Å². The first kappa shape index (κ1) is 33.8. The van der Waals surface area contributed by atoms with Gasteiger partial charge < -0.3 is 9.80 Å². The third kappa shape index (κ3) is 5.22. The van der Waals surface area contributed by atoms with Crippen molar-refractivity contribution in [3.8, 4) is 33.5 Å². The molecule has 3 nitrogen and oxygen atoms in total. The molecule has 8 aromatic rings. The number of aromatic nitrogens is 1. The maximum absolute atomic E-state index is 5.44. The molecule has 3 heteroatoms. The molecule has 56 heavy (non-hydrogen) atoms. The van der Waals surface area contributed by atoms with E-state index in [1.54, 1.807) is 0 Å². The zero-order valence-corrected chi connectivity index (χ0v) is 32.2. The molecular formula is C53H43N3. The van der Waals surface area contributed by atoms with Gasteiger partial charge in [-0.25, -0.2) is 0 Å². The lowest BCUT2D eigenvalue weighted by Gasteiger charge is -2.32. The second-order valence-corrected chi connectivity index (χ2v) is 16.0. The lowest BCUT2D eigenvalue weighted by atomic mass is 9.73. The number of rotatable bonds is 7. The van der Waals surface area contributed by atoms with Crippen LogP contribution in [0.15, 0.2) is 188 Å². The Labute approximate surface area is 330 Å². The highest BCUT2D eigenvalue weighted by atomic mass is 15.1. The van der Waals surface area contributed by atoms with Crippen molar-refractivity contribution < 1.29 is 0 Å². The maximum atomic E-state index is 5.44. The number of para-hydroxylation sites is 4. The minimum atomic E-state index is -0.330. The topological polar surface area (TPSA) is 19.4 Å². The molecule has 2 aliphatic rings. The van der Waals surface area contributed by atoms with E-state index in [0.29, 0.717) is 0 Å². The molecule has 10 rings (SSSR count). The summed E-state index contributed by atoms with van der Waals surface area (Å²) in [6, 6.07) is 65.5. The Morgan fingerprint density at radius 3 is 1.34 bits per heavy atom. The van der Waals surface area contributed by atoms with Crippen LogP contribution in [0.25, 0.3) is 33.5 Å². The average molecular weight is 722 g/mol. The van der Waals surface area contributed by atoms with Crippen molar-refractivity contribution in [3.63, 3.8) is 0 Å². The first-order chi connectivity index (χ1) is 27.3. The minimum Gasteiger partial charge on any atom is -0.310 e. The van der Waals surface area contributed by atoms with Crippen molar-refractivity contribution in [1.29, 1.82) is 0 Å². The second kappa shape index (κ2) is 13.0. The molecule has 0 fully saturated rings. The van der Waals surface area contributed by atoms with Crippen molar-refractivity contribution in [3.05, 3.63) is 210 Å². The van der Waals surface area contributed by atoms with Gasteiger partial charge in [-0.1, -0.05) is 137 Å². The van der Waals surface area contributed by atoms with Crippen LogP contribution in [-0.2, 0) is 10.8 Å². The van der Waals surface area contributed by atoms with Gasteiger partial charge in [0.1, 0.15) is 0 Å². The van der Waals surface area contributed by atoms with E-state index in [1.165, 1.54) is 50.1 Å². The van der Waals surface area contributed by atoms with Crippen LogP contribution in [0.5, 0.6) is 0 Å². The summed E-state index contributed by atoms with van der Waals surface area (Å²) in [5.74, 6) is 0. The average Bonchev–Trinajstić information content (AvgIpc) is 3.61. The van der Waals surface area contributed by atoms with E-state index in [1.807, 2.05) is 0 Å². The van der Waals surface area contributed by atoms with Crippen LogP contribution in [0.3, 0.4) is 0 Å². The zero-order chi connectivity index (χ0) is 38.0. The summed E-state index contributed by atoms with van der Waals surface area (Å²) >= 11 is 0. The Hall–Kier alpha value is -6.71. The Morgan fingerprint density at radius 1 is 0.375 bits per heavy atom. The van der Waals surface area contributed by atoms with Crippen molar-refractivity contribution in [2.75, 3.05) is 9.80 Å². The van der Waals surface area contributed by atoms with E-state index < -0.39 is 0 Å². The molecule has 0 bridgehead atoms. The van der Waals surface area contributed by atoms with Gasteiger partial charge in [0.2, 0.25) is 0 Å². The summed E-state index contributed by atoms with van der Waals surface area (Å²) in [6.07, 6.45) is 2.15. The van der Waals surface area contributed by atoms with Crippen LogP contribution in [0.4, 0.5) is 34.1 Å². The Bertz CT molecular complexity index is 2640. The molecule has 0 atom stereocenters. The molecule has 0 radical (unpaired) electrons. The quantitative estimate of drug-likeness (QED) is 0.163. The molecule has 0 amide bonds. The summed E-state index contributed by atoms with van der Waals surface area (Å²) in [4.78, 5) is 10.2. The van der Waals surface area contributed by atoms with Gasteiger partial charge in [-0.2, -0.15) is 0 Å². The molecule has 2 aliphatic carbocycles. The Morgan fingerprint density at radius 2 is 0.821 bits per heavy atom. The third-order valence-electron chi connectivity index (χ3n) is 12.0. The number of hydrogen-bond donors (Lipinski definition) is 0. The highest BCUT2D eigenvalue weighted by molar-refractivity contribution is 5.98. The highest BCUT2D eigenvalue weighted by Crippen LogP contribution is 2.61. The predicted octanol–water partition coefficient (Wildman–Crippen LogP) is 14.3. The number of anilines is 6. The fraction of sp³-hybridized carbons (Fsp3) is 0.113. The first-order valence-electron chi connectivity index (χ1n) is 19.6. The van der Waals surface area contributed by atoms with E-state index in [0.717, 1.165) is 39.8 Å². The van der Waals surface area contributed by atoms with Crippen LogP contribution in [0.2, 0.25) is 0 Å². The zero-order valence-electron chi connectivity index (χ0n) is 32.2. The first-order valence-corrected chi connectivity index (χ1v) is 19.6. The SMILES string of the molecule is CC1(C)c2cc(N(c3ccccc3)c3ccccc3)ccc2-c2cnc3c(c21)C(C)(C)c1cc(N(c2ccccc2)c2ccccc2)cc(-c2ccccc2)c1-3. The van der Waals surface area contributed by atoms with Gasteiger partial charge in [0.15, 0.2) is 0 Å². The fourth-order valence-electron chi connectivity index (χ4n) is 9.41. The van der Waals surface area contributed by atoms with Crippen LogP contribution in [0.1, 0.15) is 49.9 Å². The van der Waals surface area contributed by atoms with Crippen LogP contribution >= 0.6 is 0 Å². The van der Waals surface area contributed by atoms with E-state index in [9.17, 15) is 0 Å². The molecule has 1 heterocycles. The molecule has 0 saturated carbocycles. The monoisotopic (exact) mass is 721 g/mol. The number of pyridine rings is 1. The van der Waals surface area contributed by atoms with E-state index >= 15 is 0 Å². The van der Waals surface area contributed by atoms with Crippen molar-refractivity contribution >= 4 is 34.1 Å². The molecule has 270 valence electrons. The van der Waals surface area contributed by atoms with Crippen molar-refractivity contribution in [2.24, 2.45) is 0 Å². The summed E-state index contributed by atoms with van der Waals surface area (Å²) in [5, 5.41) is 0. The van der Waals surface area contributed by atoms with Crippen LogP contribution in [-0.4, -0.2) is 4.98 Å². The molecule has 7 aromatic carbocycles. The van der Waals surface area contributed by atoms with Gasteiger partial charge in [0.25, 0.3) is 0 Å². The molecule has 0 spiro atoms. The molecule has 0 aliphatic heterocycles. The van der Waals surface area contributed by atoms with Crippen LogP contribution < -0.4 is 9.80 Å².